The van der Waals surface area contributed by atoms with Crippen molar-refractivity contribution in [3.05, 3.63) is 70.1 Å². The molecule has 0 saturated heterocycles. The van der Waals surface area contributed by atoms with Crippen LogP contribution in [-0.4, -0.2) is 36.0 Å². The number of hydrogen-bond acceptors (Lipinski definition) is 2. The fourth-order valence-electron chi connectivity index (χ4n) is 5.39. The quantitative estimate of drug-likeness (QED) is 0.688. The molecular formula is C23H23ClFN3O. The molecule has 0 bridgehead atoms. The number of fused-ring (bicyclic) bond motifs is 3. The standard InChI is InChI=1S/C23H23ClFN3O/c1-26-23(29)21-17(13-3-6-15(25)7-4-13)12-28-20-8-5-14(24)9-16(20)18-10-27(2)11-19(21)22(18)28/h3-9,17,19,21H,10-12H2,1-2H3,(H,26,29). The van der Waals surface area contributed by atoms with Crippen LogP contribution in [0, 0.1) is 11.7 Å². The smallest absolute Gasteiger partial charge is 0.224 e. The Morgan fingerprint density at radius 3 is 2.62 bits per heavy atom. The van der Waals surface area contributed by atoms with Crippen molar-refractivity contribution in [1.29, 1.82) is 0 Å². The fraction of sp³-hybridized carbons (Fsp3) is 0.348. The molecule has 6 heteroatoms. The van der Waals surface area contributed by atoms with Crippen LogP contribution in [0.4, 0.5) is 4.39 Å². The van der Waals surface area contributed by atoms with Crippen molar-refractivity contribution in [2.24, 2.45) is 5.92 Å². The van der Waals surface area contributed by atoms with E-state index in [4.69, 9.17) is 11.6 Å². The largest absolute Gasteiger partial charge is 0.359 e. The highest BCUT2D eigenvalue weighted by atomic mass is 35.5. The van der Waals surface area contributed by atoms with Crippen molar-refractivity contribution in [1.82, 2.24) is 14.8 Å². The lowest BCUT2D eigenvalue weighted by Crippen LogP contribution is -2.46. The number of benzene rings is 2. The fourth-order valence-corrected chi connectivity index (χ4v) is 5.56. The Kier molecular flexibility index (Phi) is 4.41. The van der Waals surface area contributed by atoms with Crippen LogP contribution in [0.15, 0.2) is 42.5 Å². The van der Waals surface area contributed by atoms with Gasteiger partial charge in [0, 0.05) is 60.1 Å². The molecule has 2 aromatic carbocycles. The molecule has 5 rings (SSSR count). The van der Waals surface area contributed by atoms with Crippen molar-refractivity contribution in [2.75, 3.05) is 20.6 Å². The summed E-state index contributed by atoms with van der Waals surface area (Å²) in [5.41, 5.74) is 4.68. The Bertz CT molecular complexity index is 1110. The van der Waals surface area contributed by atoms with Gasteiger partial charge in [-0.3, -0.25) is 4.79 Å². The van der Waals surface area contributed by atoms with Crippen LogP contribution in [0.25, 0.3) is 10.9 Å². The number of rotatable bonds is 2. The van der Waals surface area contributed by atoms with Crippen LogP contribution in [0.1, 0.15) is 28.7 Å². The van der Waals surface area contributed by atoms with Crippen LogP contribution in [-0.2, 0) is 17.9 Å². The molecule has 3 heterocycles. The second kappa shape index (κ2) is 6.85. The number of amides is 1. The predicted octanol–water partition coefficient (Wildman–Crippen LogP) is 4.12. The summed E-state index contributed by atoms with van der Waals surface area (Å²) in [6.45, 7) is 2.35. The highest BCUT2D eigenvalue weighted by molar-refractivity contribution is 6.31. The molecule has 4 nitrogen and oxygen atoms in total. The first kappa shape index (κ1) is 18.6. The molecule has 0 fully saturated rings. The number of hydrogen-bond donors (Lipinski definition) is 1. The van der Waals surface area contributed by atoms with Crippen molar-refractivity contribution in [3.63, 3.8) is 0 Å². The molecule has 1 amide bonds. The summed E-state index contributed by atoms with van der Waals surface area (Å²) in [4.78, 5) is 15.4. The maximum absolute atomic E-state index is 13.6. The molecule has 150 valence electrons. The second-order valence-electron chi connectivity index (χ2n) is 8.24. The summed E-state index contributed by atoms with van der Waals surface area (Å²) in [5, 5.41) is 4.77. The molecule has 3 aromatic rings. The molecule has 3 atom stereocenters. The van der Waals surface area contributed by atoms with Gasteiger partial charge in [-0.1, -0.05) is 23.7 Å². The van der Waals surface area contributed by atoms with Crippen molar-refractivity contribution < 1.29 is 9.18 Å². The maximum Gasteiger partial charge on any atom is 0.224 e. The molecule has 0 radical (unpaired) electrons. The van der Waals surface area contributed by atoms with Crippen LogP contribution in [0.2, 0.25) is 5.02 Å². The third-order valence-electron chi connectivity index (χ3n) is 6.56. The highest BCUT2D eigenvalue weighted by Crippen LogP contribution is 2.49. The molecule has 0 spiro atoms. The van der Waals surface area contributed by atoms with Gasteiger partial charge in [-0.2, -0.15) is 0 Å². The predicted molar refractivity (Wildman–Crippen MR) is 113 cm³/mol. The van der Waals surface area contributed by atoms with Gasteiger partial charge in [-0.15, -0.1) is 0 Å². The first-order chi connectivity index (χ1) is 14.0. The van der Waals surface area contributed by atoms with Crippen molar-refractivity contribution in [3.8, 4) is 0 Å². The first-order valence-corrected chi connectivity index (χ1v) is 10.3. The number of nitrogens with one attached hydrogen (secondary N) is 1. The van der Waals surface area contributed by atoms with E-state index < -0.39 is 0 Å². The number of likely N-dealkylation sites (N-methyl/N-ethyl adjacent to an activating group) is 1. The van der Waals surface area contributed by atoms with Gasteiger partial charge in [0.15, 0.2) is 0 Å². The molecule has 2 aliphatic heterocycles. The van der Waals surface area contributed by atoms with Crippen LogP contribution >= 0.6 is 11.6 Å². The van der Waals surface area contributed by atoms with Crippen LogP contribution in [0.5, 0.6) is 0 Å². The molecular weight excluding hydrogens is 389 g/mol. The van der Waals surface area contributed by atoms with Gasteiger partial charge >= 0.3 is 0 Å². The van der Waals surface area contributed by atoms with Gasteiger partial charge in [0.1, 0.15) is 5.82 Å². The van der Waals surface area contributed by atoms with E-state index >= 15 is 0 Å². The third-order valence-corrected chi connectivity index (χ3v) is 6.79. The van der Waals surface area contributed by atoms with Gasteiger partial charge in [0.25, 0.3) is 0 Å². The lowest BCUT2D eigenvalue weighted by molar-refractivity contribution is -0.127. The lowest BCUT2D eigenvalue weighted by Gasteiger charge is -2.43. The Labute approximate surface area is 174 Å². The summed E-state index contributed by atoms with van der Waals surface area (Å²) in [7, 11) is 3.79. The van der Waals surface area contributed by atoms with Crippen LogP contribution < -0.4 is 5.32 Å². The van der Waals surface area contributed by atoms with Gasteiger partial charge in [-0.25, -0.2) is 4.39 Å². The molecule has 0 saturated carbocycles. The Morgan fingerprint density at radius 1 is 1.14 bits per heavy atom. The molecule has 2 aliphatic rings. The summed E-state index contributed by atoms with van der Waals surface area (Å²) in [6.07, 6.45) is 0. The Balaban J connectivity index is 1.75. The van der Waals surface area contributed by atoms with E-state index in [0.717, 1.165) is 29.2 Å². The number of halogens is 2. The van der Waals surface area contributed by atoms with E-state index in [9.17, 15) is 9.18 Å². The summed E-state index contributed by atoms with van der Waals surface area (Å²) in [6, 6.07) is 12.6. The summed E-state index contributed by atoms with van der Waals surface area (Å²) < 4.78 is 15.9. The zero-order chi connectivity index (χ0) is 20.3. The van der Waals surface area contributed by atoms with Gasteiger partial charge in [-0.05, 0) is 48.5 Å². The van der Waals surface area contributed by atoms with E-state index in [1.54, 1.807) is 7.05 Å². The van der Waals surface area contributed by atoms with Gasteiger partial charge in [0.2, 0.25) is 5.91 Å². The number of carbonyl (C=O) groups is 1. The molecule has 29 heavy (non-hydrogen) atoms. The minimum Gasteiger partial charge on any atom is -0.359 e. The zero-order valence-electron chi connectivity index (χ0n) is 16.5. The topological polar surface area (TPSA) is 37.3 Å². The van der Waals surface area contributed by atoms with Crippen molar-refractivity contribution in [2.45, 2.75) is 24.9 Å². The first-order valence-electron chi connectivity index (χ1n) is 9.94. The number of nitrogens with zero attached hydrogens (tertiary/aromatic N) is 2. The van der Waals surface area contributed by atoms with E-state index in [2.05, 4.69) is 27.9 Å². The lowest BCUT2D eigenvalue weighted by atomic mass is 9.71. The normalized spacial score (nSPS) is 23.8. The monoisotopic (exact) mass is 411 g/mol. The van der Waals surface area contributed by atoms with Crippen LogP contribution in [0.3, 0.4) is 0 Å². The van der Waals surface area contributed by atoms with E-state index in [1.807, 2.05) is 24.3 Å². The van der Waals surface area contributed by atoms with E-state index in [-0.39, 0.29) is 29.5 Å². The number of carbonyl (C=O) groups excluding carboxylic acids is 1. The van der Waals surface area contributed by atoms with Crippen molar-refractivity contribution >= 4 is 28.4 Å². The molecule has 3 unspecified atom stereocenters. The minimum absolute atomic E-state index is 0.0290. The maximum atomic E-state index is 13.6. The average Bonchev–Trinajstić information content (AvgIpc) is 3.01. The highest BCUT2D eigenvalue weighted by Gasteiger charge is 2.46. The molecule has 1 aromatic heterocycles. The SMILES string of the molecule is CNC(=O)C1C(c2ccc(F)cc2)Cn2c3c(c4cc(Cl)ccc42)CN(C)CC31. The molecule has 0 aliphatic carbocycles. The second-order valence-corrected chi connectivity index (χ2v) is 8.67. The third kappa shape index (κ3) is 2.87. The summed E-state index contributed by atoms with van der Waals surface area (Å²) in [5.74, 6) is -0.390. The Morgan fingerprint density at radius 2 is 1.90 bits per heavy atom. The zero-order valence-corrected chi connectivity index (χ0v) is 17.2. The van der Waals surface area contributed by atoms with Gasteiger partial charge in [0.05, 0.1) is 5.92 Å². The number of aromatic nitrogens is 1. The van der Waals surface area contributed by atoms with E-state index in [1.165, 1.54) is 28.8 Å². The summed E-state index contributed by atoms with van der Waals surface area (Å²) >= 11 is 6.32. The Hall–Kier alpha value is -2.37. The minimum atomic E-state index is -0.262. The van der Waals surface area contributed by atoms with Gasteiger partial charge < -0.3 is 14.8 Å². The molecule has 1 N–H and O–H groups in total. The average molecular weight is 412 g/mol. The van der Waals surface area contributed by atoms with E-state index in [0.29, 0.717) is 6.54 Å².